The molecule has 0 unspecified atom stereocenters. The van der Waals surface area contributed by atoms with E-state index in [1.165, 1.54) is 4.31 Å². The van der Waals surface area contributed by atoms with Crippen LogP contribution in [0.4, 0.5) is 11.5 Å². The molecule has 25 heavy (non-hydrogen) atoms. The average molecular weight is 362 g/mol. The number of para-hydroxylation sites is 1. The van der Waals surface area contributed by atoms with Crippen LogP contribution in [0.5, 0.6) is 0 Å². The Morgan fingerprint density at radius 3 is 2.40 bits per heavy atom. The first-order valence-corrected chi connectivity index (χ1v) is 9.99. The molecule has 0 spiro atoms. The molecule has 2 aromatic rings. The van der Waals surface area contributed by atoms with E-state index in [1.54, 1.807) is 30.5 Å². The van der Waals surface area contributed by atoms with Crippen LogP contribution >= 0.6 is 0 Å². The van der Waals surface area contributed by atoms with E-state index in [2.05, 4.69) is 9.88 Å². The summed E-state index contributed by atoms with van der Waals surface area (Å²) in [5.74, 6) is 0.869. The molecule has 7 heteroatoms. The van der Waals surface area contributed by atoms with Crippen LogP contribution in [0.25, 0.3) is 0 Å². The van der Waals surface area contributed by atoms with E-state index >= 15 is 0 Å². The number of H-pyrrole nitrogens is 1. The summed E-state index contributed by atoms with van der Waals surface area (Å²) in [7, 11) is -3.62. The standard InChI is InChI=1S/C18H23N3O3S/c1-2-21(15-6-4-3-5-7-15)25(23,24)17-8-9-18(19-14-17)20-12-10-16(22)11-13-20/h3-9,14,16,22H,2,10-13H2,1H3/p+1. The van der Waals surface area contributed by atoms with Crippen molar-refractivity contribution >= 4 is 21.5 Å². The second-order valence-electron chi connectivity index (χ2n) is 6.13. The Balaban J connectivity index is 1.83. The number of hydrogen-bond donors (Lipinski definition) is 1. The van der Waals surface area contributed by atoms with Crippen LogP contribution in [-0.2, 0) is 10.0 Å². The molecule has 0 saturated carbocycles. The van der Waals surface area contributed by atoms with Crippen molar-refractivity contribution < 1.29 is 18.5 Å². The molecule has 2 heterocycles. The molecule has 1 aliphatic heterocycles. The molecular weight excluding hydrogens is 338 g/mol. The van der Waals surface area contributed by atoms with Crippen LogP contribution in [0.1, 0.15) is 19.8 Å². The topological polar surface area (TPSA) is 75.0 Å². The molecule has 0 atom stereocenters. The summed E-state index contributed by atoms with van der Waals surface area (Å²) >= 11 is 0. The van der Waals surface area contributed by atoms with Gasteiger partial charge in [0.1, 0.15) is 11.1 Å². The van der Waals surface area contributed by atoms with Gasteiger partial charge in [-0.2, -0.15) is 0 Å². The number of hydrogen-bond acceptors (Lipinski definition) is 4. The lowest BCUT2D eigenvalue weighted by molar-refractivity contribution is -0.367. The van der Waals surface area contributed by atoms with Gasteiger partial charge in [-0.05, 0) is 25.1 Å². The van der Waals surface area contributed by atoms with Gasteiger partial charge in [0.25, 0.3) is 15.8 Å². The third-order valence-electron chi connectivity index (χ3n) is 4.49. The van der Waals surface area contributed by atoms with Crippen molar-refractivity contribution in [2.24, 2.45) is 0 Å². The second-order valence-corrected chi connectivity index (χ2v) is 8.00. The number of nitrogens with zero attached hydrogens (tertiary/aromatic N) is 2. The Kier molecular flexibility index (Phi) is 5.24. The van der Waals surface area contributed by atoms with Crippen LogP contribution < -0.4 is 14.2 Å². The van der Waals surface area contributed by atoms with E-state index in [1.807, 2.05) is 25.1 Å². The smallest absolute Gasteiger partial charge is 0.274 e. The Labute approximate surface area is 148 Å². The fourth-order valence-electron chi connectivity index (χ4n) is 3.08. The van der Waals surface area contributed by atoms with Gasteiger partial charge in [0.05, 0.1) is 24.9 Å². The molecule has 1 aromatic heterocycles. The number of benzene rings is 1. The Morgan fingerprint density at radius 2 is 1.84 bits per heavy atom. The summed E-state index contributed by atoms with van der Waals surface area (Å²) in [5, 5.41) is 9.60. The molecule has 0 radical (unpaired) electrons. The number of aliphatic hydroxyl groups is 1. The van der Waals surface area contributed by atoms with E-state index in [-0.39, 0.29) is 11.0 Å². The molecule has 1 aliphatic rings. The maximum absolute atomic E-state index is 13.0. The minimum atomic E-state index is -3.62. The first-order chi connectivity index (χ1) is 12.0. The van der Waals surface area contributed by atoms with Crippen LogP contribution in [0.3, 0.4) is 0 Å². The van der Waals surface area contributed by atoms with Gasteiger partial charge < -0.3 is 5.11 Å². The van der Waals surface area contributed by atoms with Gasteiger partial charge in [0, 0.05) is 25.5 Å². The molecule has 1 aromatic carbocycles. The predicted octanol–water partition coefficient (Wildman–Crippen LogP) is 1.68. The third kappa shape index (κ3) is 3.77. The molecule has 6 nitrogen and oxygen atoms in total. The van der Waals surface area contributed by atoms with E-state index in [4.69, 9.17) is 0 Å². The largest absolute Gasteiger partial charge is 0.393 e. The first kappa shape index (κ1) is 17.7. The molecule has 134 valence electrons. The van der Waals surface area contributed by atoms with Gasteiger partial charge in [0.15, 0.2) is 0 Å². The second kappa shape index (κ2) is 7.41. The molecular formula is C18H24N3O3S+. The van der Waals surface area contributed by atoms with E-state index in [0.29, 0.717) is 12.2 Å². The van der Waals surface area contributed by atoms with Crippen LogP contribution in [0, 0.1) is 0 Å². The lowest BCUT2D eigenvalue weighted by atomic mass is 10.1. The van der Waals surface area contributed by atoms with Crippen LogP contribution in [-0.4, -0.2) is 39.3 Å². The Bertz CT molecular complexity index is 786. The number of pyridine rings is 1. The maximum atomic E-state index is 13.0. The summed E-state index contributed by atoms with van der Waals surface area (Å²) in [5.41, 5.74) is 0.652. The number of piperidine rings is 1. The van der Waals surface area contributed by atoms with Crippen molar-refractivity contribution in [3.63, 3.8) is 0 Å². The van der Waals surface area contributed by atoms with Crippen molar-refractivity contribution in [3.05, 3.63) is 48.7 Å². The van der Waals surface area contributed by atoms with Crippen molar-refractivity contribution in [1.29, 1.82) is 0 Å². The monoisotopic (exact) mass is 362 g/mol. The zero-order chi connectivity index (χ0) is 17.9. The first-order valence-electron chi connectivity index (χ1n) is 8.55. The van der Waals surface area contributed by atoms with Crippen molar-refractivity contribution in [2.45, 2.75) is 30.8 Å². The molecule has 3 rings (SSSR count). The van der Waals surface area contributed by atoms with Crippen molar-refractivity contribution in [3.8, 4) is 0 Å². The molecule has 1 fully saturated rings. The highest BCUT2D eigenvalue weighted by molar-refractivity contribution is 7.92. The Morgan fingerprint density at radius 1 is 1.16 bits per heavy atom. The number of sulfonamides is 1. The number of nitrogens with one attached hydrogen (secondary N) is 1. The molecule has 1 saturated heterocycles. The zero-order valence-electron chi connectivity index (χ0n) is 14.3. The van der Waals surface area contributed by atoms with Crippen LogP contribution in [0.15, 0.2) is 53.6 Å². The lowest BCUT2D eigenvalue weighted by Crippen LogP contribution is -2.39. The third-order valence-corrected chi connectivity index (χ3v) is 6.39. The van der Waals surface area contributed by atoms with E-state index in [9.17, 15) is 13.5 Å². The van der Waals surface area contributed by atoms with Gasteiger partial charge in [0.2, 0.25) is 0 Å². The van der Waals surface area contributed by atoms with Crippen molar-refractivity contribution in [2.75, 3.05) is 28.8 Å². The van der Waals surface area contributed by atoms with Gasteiger partial charge in [-0.3, -0.25) is 9.21 Å². The number of aliphatic hydroxyl groups excluding tert-OH is 1. The summed E-state index contributed by atoms with van der Waals surface area (Å²) < 4.78 is 27.3. The van der Waals surface area contributed by atoms with E-state index in [0.717, 1.165) is 31.7 Å². The summed E-state index contributed by atoms with van der Waals surface area (Å²) in [6, 6.07) is 12.5. The normalized spacial score (nSPS) is 16.0. The van der Waals surface area contributed by atoms with Gasteiger partial charge in [-0.15, -0.1) is 0 Å². The number of aromatic amines is 1. The molecule has 2 N–H and O–H groups in total. The summed E-state index contributed by atoms with van der Waals surface area (Å²) in [4.78, 5) is 5.45. The lowest BCUT2D eigenvalue weighted by Gasteiger charge is -2.25. The van der Waals surface area contributed by atoms with E-state index < -0.39 is 10.0 Å². The van der Waals surface area contributed by atoms with Gasteiger partial charge >= 0.3 is 0 Å². The zero-order valence-corrected chi connectivity index (χ0v) is 15.1. The quantitative estimate of drug-likeness (QED) is 0.878. The molecule has 0 amide bonds. The minimum absolute atomic E-state index is 0.235. The highest BCUT2D eigenvalue weighted by Crippen LogP contribution is 2.23. The predicted molar refractivity (Wildman–Crippen MR) is 97.1 cm³/mol. The Hall–Kier alpha value is -2.12. The van der Waals surface area contributed by atoms with Gasteiger partial charge in [-0.25, -0.2) is 13.4 Å². The number of aromatic nitrogens is 1. The highest BCUT2D eigenvalue weighted by atomic mass is 32.2. The minimum Gasteiger partial charge on any atom is -0.393 e. The van der Waals surface area contributed by atoms with Crippen molar-refractivity contribution in [1.82, 2.24) is 0 Å². The van der Waals surface area contributed by atoms with Gasteiger partial charge in [-0.1, -0.05) is 18.2 Å². The number of rotatable bonds is 5. The maximum Gasteiger partial charge on any atom is 0.274 e. The molecule has 0 aliphatic carbocycles. The summed E-state index contributed by atoms with van der Waals surface area (Å²) in [6.07, 6.45) is 2.76. The fraction of sp³-hybridized carbons (Fsp3) is 0.389. The summed E-state index contributed by atoms with van der Waals surface area (Å²) in [6.45, 7) is 3.70. The van der Waals surface area contributed by atoms with Crippen LogP contribution in [0.2, 0.25) is 0 Å². The average Bonchev–Trinajstić information content (AvgIpc) is 2.64. The number of anilines is 2. The SMILES string of the molecule is CCN(c1ccccc1)S(=O)(=O)c1ccc(N2CCC(O)CC2)[nH+]c1. The fourth-order valence-corrected chi connectivity index (χ4v) is 4.52. The molecule has 0 bridgehead atoms. The highest BCUT2D eigenvalue weighted by Gasteiger charge is 2.27.